The summed E-state index contributed by atoms with van der Waals surface area (Å²) in [7, 11) is 0. The lowest BCUT2D eigenvalue weighted by Crippen LogP contribution is -2.32. The van der Waals surface area contributed by atoms with Crippen molar-refractivity contribution in [3.05, 3.63) is 29.1 Å². The maximum Gasteiger partial charge on any atom is 0.255 e. The second-order valence-electron chi connectivity index (χ2n) is 3.65. The predicted octanol–water partition coefficient (Wildman–Crippen LogP) is 1.21. The van der Waals surface area contributed by atoms with E-state index in [1.54, 1.807) is 12.1 Å². The molecule has 0 unspecified atom stereocenters. The van der Waals surface area contributed by atoms with Crippen molar-refractivity contribution in [3.63, 3.8) is 0 Å². The topological polar surface area (TPSA) is 93.9 Å². The highest BCUT2D eigenvalue weighted by Crippen LogP contribution is 2.18. The summed E-state index contributed by atoms with van der Waals surface area (Å²) in [6.07, 6.45) is 0. The van der Waals surface area contributed by atoms with Crippen LogP contribution in [0.5, 0.6) is 0 Å². The van der Waals surface area contributed by atoms with Crippen molar-refractivity contribution in [2.75, 3.05) is 18.8 Å². The van der Waals surface area contributed by atoms with Gasteiger partial charge in [0.15, 0.2) is 0 Å². The van der Waals surface area contributed by atoms with Crippen LogP contribution in [-0.4, -0.2) is 23.9 Å². The molecule has 1 aromatic carbocycles. The van der Waals surface area contributed by atoms with Gasteiger partial charge in [0.05, 0.1) is 12.1 Å². The van der Waals surface area contributed by atoms with E-state index in [0.29, 0.717) is 0 Å². The number of anilines is 1. The molecule has 0 aliphatic rings. The standard InChI is InChI=1S/C12H11FN4O/c1-8-10(13)6-9(7-11(8)16)12(18)17(4-2-14)5-3-15/h6-7H,4-5,16H2,1H3. The van der Waals surface area contributed by atoms with Gasteiger partial charge in [-0.15, -0.1) is 0 Å². The average Bonchev–Trinajstić information content (AvgIpc) is 2.34. The van der Waals surface area contributed by atoms with Crippen LogP contribution in [-0.2, 0) is 0 Å². The zero-order valence-electron chi connectivity index (χ0n) is 9.77. The van der Waals surface area contributed by atoms with Gasteiger partial charge in [-0.05, 0) is 19.1 Å². The van der Waals surface area contributed by atoms with E-state index < -0.39 is 11.7 Å². The molecule has 0 aliphatic heterocycles. The fourth-order valence-electron chi connectivity index (χ4n) is 1.38. The Bertz CT molecular complexity index is 517. The molecule has 0 aliphatic carbocycles. The SMILES string of the molecule is Cc1c(N)cc(C(=O)N(CC#N)CC#N)cc1F. The summed E-state index contributed by atoms with van der Waals surface area (Å²) < 4.78 is 13.5. The Labute approximate surface area is 104 Å². The number of nitriles is 2. The fourth-order valence-corrected chi connectivity index (χ4v) is 1.38. The first-order valence-corrected chi connectivity index (χ1v) is 5.10. The van der Waals surface area contributed by atoms with Gasteiger partial charge in [0.25, 0.3) is 5.91 Å². The number of benzene rings is 1. The molecule has 1 rings (SSSR count). The van der Waals surface area contributed by atoms with Crippen LogP contribution in [0.4, 0.5) is 10.1 Å². The number of hydrogen-bond donors (Lipinski definition) is 1. The zero-order chi connectivity index (χ0) is 13.7. The second-order valence-corrected chi connectivity index (χ2v) is 3.65. The molecule has 1 aromatic rings. The van der Waals surface area contributed by atoms with Crippen LogP contribution < -0.4 is 5.73 Å². The molecule has 0 saturated heterocycles. The third kappa shape index (κ3) is 2.74. The highest BCUT2D eigenvalue weighted by atomic mass is 19.1. The van der Waals surface area contributed by atoms with E-state index in [1.807, 2.05) is 0 Å². The Kier molecular flexibility index (Phi) is 4.22. The summed E-state index contributed by atoms with van der Waals surface area (Å²) in [5, 5.41) is 17.1. The minimum atomic E-state index is -0.594. The number of halogens is 1. The maximum atomic E-state index is 13.5. The van der Waals surface area contributed by atoms with Gasteiger partial charge in [0.2, 0.25) is 0 Å². The highest BCUT2D eigenvalue weighted by molar-refractivity contribution is 5.95. The van der Waals surface area contributed by atoms with Crippen LogP contribution in [0, 0.1) is 35.4 Å². The van der Waals surface area contributed by atoms with Crippen molar-refractivity contribution in [1.29, 1.82) is 10.5 Å². The second kappa shape index (κ2) is 5.65. The van der Waals surface area contributed by atoms with Gasteiger partial charge in [-0.2, -0.15) is 10.5 Å². The van der Waals surface area contributed by atoms with E-state index >= 15 is 0 Å². The number of carbonyl (C=O) groups is 1. The van der Waals surface area contributed by atoms with Gasteiger partial charge in [-0.25, -0.2) is 4.39 Å². The first kappa shape index (κ1) is 13.5. The molecule has 18 heavy (non-hydrogen) atoms. The van der Waals surface area contributed by atoms with Crippen LogP contribution in [0.1, 0.15) is 15.9 Å². The highest BCUT2D eigenvalue weighted by Gasteiger charge is 2.17. The number of nitrogen functional groups attached to an aromatic ring is 1. The molecule has 0 heterocycles. The van der Waals surface area contributed by atoms with Crippen LogP contribution >= 0.6 is 0 Å². The number of hydrogen-bond acceptors (Lipinski definition) is 4. The number of nitrogens with two attached hydrogens (primary N) is 1. The molecule has 5 nitrogen and oxygen atoms in total. The predicted molar refractivity (Wildman–Crippen MR) is 62.7 cm³/mol. The van der Waals surface area contributed by atoms with Gasteiger partial charge in [-0.3, -0.25) is 4.79 Å². The minimum absolute atomic E-state index is 0.0288. The molecule has 0 saturated carbocycles. The van der Waals surface area contributed by atoms with Crippen molar-refractivity contribution in [1.82, 2.24) is 4.90 Å². The normalized spacial score (nSPS) is 9.33. The van der Waals surface area contributed by atoms with Crippen LogP contribution in [0.15, 0.2) is 12.1 Å². The quantitative estimate of drug-likeness (QED) is 0.640. The van der Waals surface area contributed by atoms with Gasteiger partial charge in [0.1, 0.15) is 18.9 Å². The lowest BCUT2D eigenvalue weighted by molar-refractivity contribution is 0.0794. The lowest BCUT2D eigenvalue weighted by atomic mass is 10.1. The smallest absolute Gasteiger partial charge is 0.255 e. The van der Waals surface area contributed by atoms with E-state index in [4.69, 9.17) is 16.3 Å². The van der Waals surface area contributed by atoms with Gasteiger partial charge in [-0.1, -0.05) is 0 Å². The van der Waals surface area contributed by atoms with Crippen LogP contribution in [0.3, 0.4) is 0 Å². The van der Waals surface area contributed by atoms with Crippen molar-refractivity contribution in [2.24, 2.45) is 0 Å². The molecule has 92 valence electrons. The molecule has 0 fully saturated rings. The third-order valence-corrected chi connectivity index (χ3v) is 2.44. The molecule has 0 spiro atoms. The fraction of sp³-hybridized carbons (Fsp3) is 0.250. The number of nitrogens with zero attached hydrogens (tertiary/aromatic N) is 3. The molecule has 0 atom stereocenters. The summed E-state index contributed by atoms with van der Waals surface area (Å²) in [5.41, 5.74) is 6.02. The van der Waals surface area contributed by atoms with Gasteiger partial charge >= 0.3 is 0 Å². The maximum absolute atomic E-state index is 13.5. The van der Waals surface area contributed by atoms with Crippen molar-refractivity contribution in [2.45, 2.75) is 6.92 Å². The molecule has 0 radical (unpaired) electrons. The molecule has 2 N–H and O–H groups in total. The number of rotatable bonds is 3. The molecule has 0 bridgehead atoms. The summed E-state index contributed by atoms with van der Waals surface area (Å²) >= 11 is 0. The van der Waals surface area contributed by atoms with E-state index in [9.17, 15) is 9.18 Å². The van der Waals surface area contributed by atoms with Crippen molar-refractivity contribution >= 4 is 11.6 Å². The summed E-state index contributed by atoms with van der Waals surface area (Å²) in [6.45, 7) is 1.03. The first-order valence-electron chi connectivity index (χ1n) is 5.10. The van der Waals surface area contributed by atoms with Gasteiger partial charge < -0.3 is 10.6 Å². The Hall–Kier alpha value is -2.60. The molecule has 6 heteroatoms. The summed E-state index contributed by atoms with van der Waals surface area (Å²) in [6, 6.07) is 5.93. The molecule has 1 amide bonds. The molecular formula is C12H11FN4O. The number of carbonyl (C=O) groups excluding carboxylic acids is 1. The Balaban J connectivity index is 3.10. The molecule has 0 aromatic heterocycles. The Morgan fingerprint density at radius 1 is 1.39 bits per heavy atom. The zero-order valence-corrected chi connectivity index (χ0v) is 9.77. The van der Waals surface area contributed by atoms with Gasteiger partial charge in [0, 0.05) is 16.8 Å². The lowest BCUT2D eigenvalue weighted by Gasteiger charge is -2.16. The van der Waals surface area contributed by atoms with Crippen molar-refractivity contribution < 1.29 is 9.18 Å². The van der Waals surface area contributed by atoms with Crippen LogP contribution in [0.25, 0.3) is 0 Å². The molecular weight excluding hydrogens is 235 g/mol. The minimum Gasteiger partial charge on any atom is -0.398 e. The van der Waals surface area contributed by atoms with Crippen molar-refractivity contribution in [3.8, 4) is 12.1 Å². The van der Waals surface area contributed by atoms with E-state index in [0.717, 1.165) is 11.0 Å². The largest absolute Gasteiger partial charge is 0.398 e. The van der Waals surface area contributed by atoms with Crippen LogP contribution in [0.2, 0.25) is 0 Å². The van der Waals surface area contributed by atoms with E-state index in [2.05, 4.69) is 0 Å². The Morgan fingerprint density at radius 3 is 2.39 bits per heavy atom. The summed E-state index contributed by atoms with van der Waals surface area (Å²) in [5.74, 6) is -1.18. The first-order chi connectivity index (χ1) is 8.51. The Morgan fingerprint density at radius 2 is 1.94 bits per heavy atom. The monoisotopic (exact) mass is 246 g/mol. The average molecular weight is 246 g/mol. The van der Waals surface area contributed by atoms with E-state index in [1.165, 1.54) is 13.0 Å². The number of amides is 1. The summed E-state index contributed by atoms with van der Waals surface area (Å²) in [4.78, 5) is 13.0. The third-order valence-electron chi connectivity index (χ3n) is 2.44. The van der Waals surface area contributed by atoms with E-state index in [-0.39, 0.29) is 29.9 Å².